The normalized spacial score (nSPS) is 25.8. The summed E-state index contributed by atoms with van der Waals surface area (Å²) in [6.07, 6.45) is 1.15. The van der Waals surface area contributed by atoms with Crippen LogP contribution in [0.3, 0.4) is 0 Å². The van der Waals surface area contributed by atoms with Crippen LogP contribution in [0.4, 0.5) is 0 Å². The molecule has 0 radical (unpaired) electrons. The Morgan fingerprint density at radius 2 is 2.27 bits per heavy atom. The Bertz CT molecular complexity index is 161. The van der Waals surface area contributed by atoms with E-state index in [9.17, 15) is 4.57 Å². The van der Waals surface area contributed by atoms with E-state index in [1.54, 1.807) is 13.3 Å². The molecule has 5 heteroatoms. The minimum atomic E-state index is -2.45. The van der Waals surface area contributed by atoms with Crippen molar-refractivity contribution in [1.82, 2.24) is 0 Å². The highest BCUT2D eigenvalue weighted by Crippen LogP contribution is 2.38. The SMILES string of the molecule is CP(C)(=O)OOC1CCSC1. The summed E-state index contributed by atoms with van der Waals surface area (Å²) in [6.45, 7) is 3.10. The van der Waals surface area contributed by atoms with Gasteiger partial charge in [-0.3, -0.25) is 4.57 Å². The number of thioether (sulfide) groups is 1. The van der Waals surface area contributed by atoms with Gasteiger partial charge in [0.15, 0.2) is 0 Å². The molecule has 1 heterocycles. The van der Waals surface area contributed by atoms with Gasteiger partial charge in [-0.15, -0.1) is 0 Å². The Morgan fingerprint density at radius 1 is 1.55 bits per heavy atom. The fourth-order valence-corrected chi connectivity index (χ4v) is 2.16. The molecule has 1 atom stereocenters. The van der Waals surface area contributed by atoms with Gasteiger partial charge in [0.05, 0.1) is 0 Å². The molecule has 0 spiro atoms. The van der Waals surface area contributed by atoms with E-state index in [0.29, 0.717) is 0 Å². The Morgan fingerprint density at radius 3 is 2.73 bits per heavy atom. The summed E-state index contributed by atoms with van der Waals surface area (Å²) in [7, 11) is -2.45. The van der Waals surface area contributed by atoms with E-state index in [-0.39, 0.29) is 6.10 Å². The highest BCUT2D eigenvalue weighted by atomic mass is 32.2. The van der Waals surface area contributed by atoms with Crippen LogP contribution in [-0.4, -0.2) is 30.9 Å². The third kappa shape index (κ3) is 4.16. The second-order valence-corrected chi connectivity index (χ2v) is 6.71. The Balaban J connectivity index is 2.16. The van der Waals surface area contributed by atoms with Crippen molar-refractivity contribution >= 4 is 19.1 Å². The molecule has 1 aliphatic heterocycles. The number of hydrogen-bond acceptors (Lipinski definition) is 4. The standard InChI is InChI=1S/C6H13O3PS/c1-10(2,7)9-8-6-3-4-11-5-6/h6H,3-5H2,1-2H3. The molecule has 66 valence electrons. The summed E-state index contributed by atoms with van der Waals surface area (Å²) in [5.74, 6) is 2.08. The molecule has 1 aliphatic rings. The van der Waals surface area contributed by atoms with Crippen molar-refractivity contribution in [3.05, 3.63) is 0 Å². The van der Waals surface area contributed by atoms with Crippen molar-refractivity contribution in [3.63, 3.8) is 0 Å². The molecule has 0 aromatic rings. The van der Waals surface area contributed by atoms with E-state index in [0.717, 1.165) is 17.9 Å². The van der Waals surface area contributed by atoms with Gasteiger partial charge in [0.1, 0.15) is 6.10 Å². The van der Waals surface area contributed by atoms with Gasteiger partial charge in [0.25, 0.3) is 0 Å². The maximum atomic E-state index is 11.0. The quantitative estimate of drug-likeness (QED) is 0.393. The molecule has 0 aromatic carbocycles. The van der Waals surface area contributed by atoms with Crippen molar-refractivity contribution in [2.24, 2.45) is 0 Å². The van der Waals surface area contributed by atoms with Crippen molar-refractivity contribution in [2.75, 3.05) is 24.8 Å². The molecule has 3 nitrogen and oxygen atoms in total. The molecule has 11 heavy (non-hydrogen) atoms. The third-order valence-corrected chi connectivity index (χ3v) is 2.82. The van der Waals surface area contributed by atoms with E-state index in [1.807, 2.05) is 11.8 Å². The average molecular weight is 196 g/mol. The molecule has 0 aromatic heterocycles. The van der Waals surface area contributed by atoms with Crippen LogP contribution in [0.15, 0.2) is 0 Å². The number of hydrogen-bond donors (Lipinski definition) is 0. The van der Waals surface area contributed by atoms with Crippen LogP contribution >= 0.6 is 19.1 Å². The minimum absolute atomic E-state index is 0.147. The van der Waals surface area contributed by atoms with E-state index in [4.69, 9.17) is 9.56 Å². The Labute approximate surface area is 71.2 Å². The topological polar surface area (TPSA) is 35.5 Å². The summed E-state index contributed by atoms with van der Waals surface area (Å²) in [5, 5.41) is 0. The first-order chi connectivity index (χ1) is 5.08. The lowest BCUT2D eigenvalue weighted by molar-refractivity contribution is -0.235. The maximum absolute atomic E-state index is 11.0. The van der Waals surface area contributed by atoms with Crippen molar-refractivity contribution in [3.8, 4) is 0 Å². The van der Waals surface area contributed by atoms with Crippen LogP contribution in [0.25, 0.3) is 0 Å². The molecular weight excluding hydrogens is 183 g/mol. The molecule has 0 bridgehead atoms. The predicted molar refractivity (Wildman–Crippen MR) is 47.4 cm³/mol. The summed E-state index contributed by atoms with van der Waals surface area (Å²) < 4.78 is 15.8. The van der Waals surface area contributed by atoms with Gasteiger partial charge in [-0.1, -0.05) is 0 Å². The molecule has 1 rings (SSSR count). The maximum Gasteiger partial charge on any atom is 0.229 e. The molecule has 1 saturated heterocycles. The van der Waals surface area contributed by atoms with Gasteiger partial charge in [-0.25, -0.2) is 4.89 Å². The third-order valence-electron chi connectivity index (χ3n) is 1.25. The summed E-state index contributed by atoms with van der Waals surface area (Å²) in [4.78, 5) is 4.98. The molecule has 0 amide bonds. The molecule has 0 saturated carbocycles. The lowest BCUT2D eigenvalue weighted by atomic mass is 10.3. The van der Waals surface area contributed by atoms with Crippen LogP contribution in [0.2, 0.25) is 0 Å². The Hall–Kier alpha value is 0.500. The zero-order valence-electron chi connectivity index (χ0n) is 6.78. The van der Waals surface area contributed by atoms with Crippen molar-refractivity contribution in [2.45, 2.75) is 12.5 Å². The minimum Gasteiger partial charge on any atom is -0.291 e. The smallest absolute Gasteiger partial charge is 0.229 e. The fraction of sp³-hybridized carbons (Fsp3) is 1.00. The van der Waals surface area contributed by atoms with Crippen molar-refractivity contribution in [1.29, 1.82) is 0 Å². The average Bonchev–Trinajstić information content (AvgIpc) is 2.32. The van der Waals surface area contributed by atoms with Gasteiger partial charge in [-0.05, 0) is 12.2 Å². The van der Waals surface area contributed by atoms with Gasteiger partial charge in [-0.2, -0.15) is 16.4 Å². The molecular formula is C6H13O3PS. The monoisotopic (exact) mass is 196 g/mol. The second-order valence-electron chi connectivity index (χ2n) is 2.91. The second kappa shape index (κ2) is 3.94. The lowest BCUT2D eigenvalue weighted by Gasteiger charge is -2.11. The zero-order chi connectivity index (χ0) is 8.32. The highest BCUT2D eigenvalue weighted by molar-refractivity contribution is 7.99. The first kappa shape index (κ1) is 9.59. The van der Waals surface area contributed by atoms with E-state index in [1.165, 1.54) is 0 Å². The molecule has 1 unspecified atom stereocenters. The molecule has 0 N–H and O–H groups in total. The van der Waals surface area contributed by atoms with Crippen LogP contribution in [0.5, 0.6) is 0 Å². The van der Waals surface area contributed by atoms with E-state index in [2.05, 4.69) is 0 Å². The van der Waals surface area contributed by atoms with Crippen LogP contribution < -0.4 is 0 Å². The summed E-state index contributed by atoms with van der Waals surface area (Å²) in [6, 6.07) is 0. The van der Waals surface area contributed by atoms with E-state index >= 15 is 0 Å². The van der Waals surface area contributed by atoms with Crippen LogP contribution in [0.1, 0.15) is 6.42 Å². The van der Waals surface area contributed by atoms with Crippen LogP contribution in [-0.2, 0) is 14.1 Å². The Kier molecular flexibility index (Phi) is 3.44. The van der Waals surface area contributed by atoms with Gasteiger partial charge >= 0.3 is 0 Å². The lowest BCUT2D eigenvalue weighted by Crippen LogP contribution is -2.10. The van der Waals surface area contributed by atoms with E-state index < -0.39 is 7.37 Å². The first-order valence-electron chi connectivity index (χ1n) is 3.56. The largest absolute Gasteiger partial charge is 0.291 e. The van der Waals surface area contributed by atoms with Crippen molar-refractivity contribution < 1.29 is 14.1 Å². The summed E-state index contributed by atoms with van der Waals surface area (Å²) in [5.41, 5.74) is 0. The zero-order valence-corrected chi connectivity index (χ0v) is 8.49. The van der Waals surface area contributed by atoms with Gasteiger partial charge < -0.3 is 0 Å². The number of rotatable bonds is 3. The highest BCUT2D eigenvalue weighted by Gasteiger charge is 2.19. The van der Waals surface area contributed by atoms with Crippen LogP contribution in [0, 0.1) is 0 Å². The predicted octanol–water partition coefficient (Wildman–Crippen LogP) is 1.98. The fourth-order valence-electron chi connectivity index (χ4n) is 0.753. The summed E-state index contributed by atoms with van der Waals surface area (Å²) >= 11 is 1.84. The first-order valence-corrected chi connectivity index (χ1v) is 7.23. The van der Waals surface area contributed by atoms with Gasteiger partial charge in [0.2, 0.25) is 7.37 Å². The molecule has 0 aliphatic carbocycles. The van der Waals surface area contributed by atoms with Gasteiger partial charge in [0, 0.05) is 19.1 Å². The molecule has 1 fully saturated rings.